The lowest BCUT2D eigenvalue weighted by atomic mass is 9.78. The van der Waals surface area contributed by atoms with Crippen molar-refractivity contribution >= 4 is 35.1 Å². The number of fused-ring (bicyclic) bond motifs is 1. The van der Waals surface area contributed by atoms with E-state index in [4.69, 9.17) is 13.7 Å². The molecule has 2 heterocycles. The number of nitrogens with one attached hydrogen (secondary N) is 1. The standard InChI is InChI=1S/C22H19BF5NO5.C2H6/c1-20(2)21(3,4)34-23(33-20)14-7-6-12-13(10-31-18(12)17(14)25)19(30)29-16-9-11(5-8-15(16)24)32-22(26,27)28;1-2/h5-10H,1-4H3,(H,29,30);1-2H3. The zero-order valence-corrected chi connectivity index (χ0v) is 20.5. The van der Waals surface area contributed by atoms with Gasteiger partial charge in [-0.2, -0.15) is 0 Å². The maximum Gasteiger partial charge on any atom is 0.573 e. The molecule has 2 aromatic carbocycles. The molecule has 1 aliphatic heterocycles. The van der Waals surface area contributed by atoms with E-state index in [0.717, 1.165) is 12.3 Å². The average molecular weight is 513 g/mol. The maximum atomic E-state index is 15.2. The fourth-order valence-electron chi connectivity index (χ4n) is 3.39. The fourth-order valence-corrected chi connectivity index (χ4v) is 3.39. The van der Waals surface area contributed by atoms with E-state index in [1.165, 1.54) is 12.1 Å². The number of carbonyl (C=O) groups excluding carboxylic acids is 1. The first-order valence-electron chi connectivity index (χ1n) is 11.1. The highest BCUT2D eigenvalue weighted by Gasteiger charge is 2.52. The van der Waals surface area contributed by atoms with Gasteiger partial charge in [0.05, 0.1) is 22.5 Å². The highest BCUT2D eigenvalue weighted by atomic mass is 19.4. The molecule has 3 aromatic rings. The molecule has 0 aliphatic carbocycles. The highest BCUT2D eigenvalue weighted by molar-refractivity contribution is 6.62. The minimum absolute atomic E-state index is 0.0653. The van der Waals surface area contributed by atoms with Crippen molar-refractivity contribution in [2.45, 2.75) is 59.1 Å². The zero-order chi connectivity index (χ0) is 27.1. The number of carbonyl (C=O) groups is 1. The van der Waals surface area contributed by atoms with Crippen molar-refractivity contribution < 1.29 is 45.2 Å². The Morgan fingerprint density at radius 1 is 1.00 bits per heavy atom. The van der Waals surface area contributed by atoms with Crippen molar-refractivity contribution in [3.63, 3.8) is 0 Å². The summed E-state index contributed by atoms with van der Waals surface area (Å²) in [5.74, 6) is -3.45. The summed E-state index contributed by atoms with van der Waals surface area (Å²) in [5.41, 5.74) is -2.32. The molecule has 194 valence electrons. The number of furan rings is 1. The number of amides is 1. The van der Waals surface area contributed by atoms with Crippen molar-refractivity contribution in [3.05, 3.63) is 53.8 Å². The largest absolute Gasteiger partial charge is 0.573 e. The summed E-state index contributed by atoms with van der Waals surface area (Å²) < 4.78 is 87.3. The monoisotopic (exact) mass is 513 g/mol. The Hall–Kier alpha value is -3.12. The molecule has 1 aromatic heterocycles. The van der Waals surface area contributed by atoms with Gasteiger partial charge < -0.3 is 23.8 Å². The molecule has 0 spiro atoms. The van der Waals surface area contributed by atoms with E-state index in [2.05, 4.69) is 10.1 Å². The van der Waals surface area contributed by atoms with Crippen LogP contribution in [0.3, 0.4) is 0 Å². The van der Waals surface area contributed by atoms with Crippen molar-refractivity contribution in [2.75, 3.05) is 5.32 Å². The highest BCUT2D eigenvalue weighted by Crippen LogP contribution is 2.37. The van der Waals surface area contributed by atoms with E-state index in [-0.39, 0.29) is 22.0 Å². The molecule has 12 heteroatoms. The molecule has 4 rings (SSSR count). The SMILES string of the molecule is CC.CC1(C)OB(c2ccc3c(C(=O)Nc4cc(OC(F)(F)F)ccc4F)coc3c2F)OC1(C)C. The van der Waals surface area contributed by atoms with Gasteiger partial charge in [-0.05, 0) is 39.8 Å². The Morgan fingerprint density at radius 3 is 2.19 bits per heavy atom. The van der Waals surface area contributed by atoms with E-state index in [0.29, 0.717) is 12.1 Å². The number of benzene rings is 2. The van der Waals surface area contributed by atoms with E-state index in [9.17, 15) is 22.4 Å². The Labute approximate surface area is 204 Å². The lowest BCUT2D eigenvalue weighted by molar-refractivity contribution is -0.274. The summed E-state index contributed by atoms with van der Waals surface area (Å²) in [7, 11) is -1.01. The van der Waals surface area contributed by atoms with Gasteiger partial charge in [0.25, 0.3) is 5.91 Å². The number of hydrogen-bond acceptors (Lipinski definition) is 5. The molecule has 0 unspecified atom stereocenters. The first kappa shape index (κ1) is 27.5. The van der Waals surface area contributed by atoms with Gasteiger partial charge in [0, 0.05) is 16.9 Å². The summed E-state index contributed by atoms with van der Waals surface area (Å²) in [6.07, 6.45) is -4.03. The van der Waals surface area contributed by atoms with E-state index in [1.54, 1.807) is 0 Å². The second kappa shape index (κ2) is 9.74. The average Bonchev–Trinajstić information content (AvgIpc) is 3.29. The predicted octanol–water partition coefficient (Wildman–Crippen LogP) is 6.19. The van der Waals surface area contributed by atoms with Crippen LogP contribution in [0.25, 0.3) is 11.0 Å². The maximum absolute atomic E-state index is 15.2. The summed E-state index contributed by atoms with van der Waals surface area (Å²) in [6.45, 7) is 11.2. The third-order valence-electron chi connectivity index (χ3n) is 5.88. The lowest BCUT2D eigenvalue weighted by Gasteiger charge is -2.32. The van der Waals surface area contributed by atoms with Crippen molar-refractivity contribution in [1.82, 2.24) is 0 Å². The van der Waals surface area contributed by atoms with E-state index in [1.807, 2.05) is 41.5 Å². The summed E-state index contributed by atoms with van der Waals surface area (Å²) in [6, 6.07) is 4.94. The zero-order valence-electron chi connectivity index (χ0n) is 20.5. The van der Waals surface area contributed by atoms with Crippen LogP contribution in [0.1, 0.15) is 51.9 Å². The Morgan fingerprint density at radius 2 is 1.61 bits per heavy atom. The van der Waals surface area contributed by atoms with Crippen LogP contribution in [0.15, 0.2) is 41.0 Å². The molecule has 0 saturated carbocycles. The van der Waals surface area contributed by atoms with Gasteiger partial charge in [-0.15, -0.1) is 13.2 Å². The molecule has 1 N–H and O–H groups in total. The number of ether oxygens (including phenoxy) is 1. The van der Waals surface area contributed by atoms with Gasteiger partial charge in [-0.3, -0.25) is 4.79 Å². The number of rotatable bonds is 4. The molecule has 1 saturated heterocycles. The minimum Gasteiger partial charge on any atom is -0.460 e. The molecule has 6 nitrogen and oxygen atoms in total. The molecule has 1 fully saturated rings. The van der Waals surface area contributed by atoms with Gasteiger partial charge in [0.2, 0.25) is 0 Å². The van der Waals surface area contributed by atoms with Crippen LogP contribution in [0, 0.1) is 11.6 Å². The minimum atomic E-state index is -4.99. The molecule has 1 aliphatic rings. The van der Waals surface area contributed by atoms with E-state index < -0.39 is 53.7 Å². The van der Waals surface area contributed by atoms with Crippen LogP contribution in [0.5, 0.6) is 5.75 Å². The van der Waals surface area contributed by atoms with Crippen LogP contribution in [-0.2, 0) is 9.31 Å². The topological polar surface area (TPSA) is 69.9 Å². The molecule has 1 amide bonds. The Bertz CT molecular complexity index is 1260. The van der Waals surface area contributed by atoms with Crippen LogP contribution in [-0.4, -0.2) is 30.6 Å². The van der Waals surface area contributed by atoms with Gasteiger partial charge in [0.15, 0.2) is 11.4 Å². The van der Waals surface area contributed by atoms with Gasteiger partial charge in [-0.25, -0.2) is 8.78 Å². The first-order chi connectivity index (χ1) is 16.7. The number of alkyl halides is 3. The van der Waals surface area contributed by atoms with Crippen molar-refractivity contribution in [2.24, 2.45) is 0 Å². The molecule has 0 bridgehead atoms. The van der Waals surface area contributed by atoms with Crippen LogP contribution < -0.4 is 15.5 Å². The molecule has 36 heavy (non-hydrogen) atoms. The first-order valence-corrected chi connectivity index (χ1v) is 11.1. The molecular formula is C24H25BF5NO5. The van der Waals surface area contributed by atoms with Crippen molar-refractivity contribution in [3.8, 4) is 5.75 Å². The number of halogens is 5. The second-order valence-corrected chi connectivity index (χ2v) is 8.73. The number of hydrogen-bond donors (Lipinski definition) is 1. The predicted molar refractivity (Wildman–Crippen MR) is 124 cm³/mol. The second-order valence-electron chi connectivity index (χ2n) is 8.73. The third kappa shape index (κ3) is 5.34. The smallest absolute Gasteiger partial charge is 0.460 e. The summed E-state index contributed by atoms with van der Waals surface area (Å²) >= 11 is 0. The molecular weight excluding hydrogens is 488 g/mol. The van der Waals surface area contributed by atoms with Crippen LogP contribution in [0.4, 0.5) is 27.6 Å². The number of anilines is 1. The van der Waals surface area contributed by atoms with Gasteiger partial charge >= 0.3 is 13.5 Å². The summed E-state index contributed by atoms with van der Waals surface area (Å²) in [4.78, 5) is 12.7. The molecule has 0 atom stereocenters. The molecule has 0 radical (unpaired) electrons. The van der Waals surface area contributed by atoms with Crippen LogP contribution in [0.2, 0.25) is 0 Å². The van der Waals surface area contributed by atoms with E-state index >= 15 is 4.39 Å². The van der Waals surface area contributed by atoms with Crippen LogP contribution >= 0.6 is 0 Å². The Kier molecular flexibility index (Phi) is 7.43. The lowest BCUT2D eigenvalue weighted by Crippen LogP contribution is -2.41. The summed E-state index contributed by atoms with van der Waals surface area (Å²) in [5, 5.41) is 2.22. The normalized spacial score (nSPS) is 16.5. The van der Waals surface area contributed by atoms with Gasteiger partial charge in [0.1, 0.15) is 17.8 Å². The quantitative estimate of drug-likeness (QED) is 0.333. The fraction of sp³-hybridized carbons (Fsp3) is 0.375. The van der Waals surface area contributed by atoms with Gasteiger partial charge in [-0.1, -0.05) is 26.0 Å². The Balaban J connectivity index is 0.00000176. The van der Waals surface area contributed by atoms with Crippen molar-refractivity contribution in [1.29, 1.82) is 0 Å². The third-order valence-corrected chi connectivity index (χ3v) is 5.88.